The Morgan fingerprint density at radius 3 is 2.55 bits per heavy atom. The summed E-state index contributed by atoms with van der Waals surface area (Å²) in [6.45, 7) is 10.9. The van der Waals surface area contributed by atoms with Gasteiger partial charge in [-0.2, -0.15) is 0 Å². The van der Waals surface area contributed by atoms with E-state index in [0.717, 1.165) is 57.6 Å². The molecule has 7 heteroatoms. The van der Waals surface area contributed by atoms with Crippen LogP contribution in [0.2, 0.25) is 0 Å². The summed E-state index contributed by atoms with van der Waals surface area (Å²) in [7, 11) is 1.93. The van der Waals surface area contributed by atoms with Gasteiger partial charge in [-0.15, -0.1) is 24.0 Å². The van der Waals surface area contributed by atoms with Crippen molar-refractivity contribution in [2.45, 2.75) is 57.0 Å². The van der Waals surface area contributed by atoms with Gasteiger partial charge in [-0.3, -0.25) is 4.99 Å². The van der Waals surface area contributed by atoms with Crippen LogP contribution in [-0.4, -0.2) is 80.8 Å². The van der Waals surface area contributed by atoms with Crippen molar-refractivity contribution in [1.82, 2.24) is 20.4 Å². The molecule has 0 aromatic heterocycles. The second-order valence-electron chi connectivity index (χ2n) is 10.0. The van der Waals surface area contributed by atoms with Crippen LogP contribution in [0.4, 0.5) is 0 Å². The van der Waals surface area contributed by atoms with Gasteiger partial charge in [0, 0.05) is 58.0 Å². The first-order valence-electron chi connectivity index (χ1n) is 12.8. The second kappa shape index (κ2) is 13.3. The lowest BCUT2D eigenvalue weighted by molar-refractivity contribution is 0.0353. The van der Waals surface area contributed by atoms with Crippen molar-refractivity contribution >= 4 is 29.9 Å². The number of ether oxygens (including phenoxy) is 1. The highest BCUT2D eigenvalue weighted by molar-refractivity contribution is 14.0. The topological polar surface area (TPSA) is 52.1 Å². The van der Waals surface area contributed by atoms with Crippen LogP contribution in [0.25, 0.3) is 0 Å². The highest BCUT2D eigenvalue weighted by Gasteiger charge is 2.35. The summed E-state index contributed by atoms with van der Waals surface area (Å²) in [6.07, 6.45) is 7.48. The van der Waals surface area contributed by atoms with Gasteiger partial charge in [-0.05, 0) is 63.6 Å². The number of aliphatic imine (C=N–C) groups is 1. The van der Waals surface area contributed by atoms with Gasteiger partial charge in [0.05, 0.1) is 0 Å². The smallest absolute Gasteiger partial charge is 0.193 e. The summed E-state index contributed by atoms with van der Waals surface area (Å²) < 4.78 is 5.72. The predicted molar refractivity (Wildman–Crippen MR) is 148 cm³/mol. The molecule has 0 aliphatic carbocycles. The van der Waals surface area contributed by atoms with Gasteiger partial charge in [0.25, 0.3) is 0 Å². The minimum absolute atomic E-state index is 0. The maximum atomic E-state index is 5.72. The lowest BCUT2D eigenvalue weighted by Gasteiger charge is -2.41. The third-order valence-corrected chi connectivity index (χ3v) is 7.62. The second-order valence-corrected chi connectivity index (χ2v) is 10.0. The molecule has 0 bridgehead atoms. The zero-order valence-corrected chi connectivity index (χ0v) is 22.9. The molecule has 0 spiro atoms. The lowest BCUT2D eigenvalue weighted by Crippen LogP contribution is -2.58. The van der Waals surface area contributed by atoms with Crippen LogP contribution in [0, 0.1) is 5.92 Å². The highest BCUT2D eigenvalue weighted by atomic mass is 127. The van der Waals surface area contributed by atoms with Gasteiger partial charge >= 0.3 is 0 Å². The molecular weight excluding hydrogens is 525 g/mol. The van der Waals surface area contributed by atoms with Gasteiger partial charge in [0.2, 0.25) is 0 Å². The van der Waals surface area contributed by atoms with Crippen molar-refractivity contribution in [2.75, 3.05) is 59.5 Å². The summed E-state index contributed by atoms with van der Waals surface area (Å²) in [6, 6.07) is 11.1. The summed E-state index contributed by atoms with van der Waals surface area (Å²) in [5.41, 5.74) is 1.36. The zero-order valence-electron chi connectivity index (χ0n) is 20.6. The van der Waals surface area contributed by atoms with E-state index in [1.54, 1.807) is 0 Å². The molecule has 3 fully saturated rings. The Hall–Kier alpha value is -0.900. The first-order valence-corrected chi connectivity index (χ1v) is 12.8. The quantitative estimate of drug-likeness (QED) is 0.297. The molecule has 3 aliphatic heterocycles. The predicted octanol–water partition coefficient (Wildman–Crippen LogP) is 3.89. The van der Waals surface area contributed by atoms with Crippen molar-refractivity contribution < 1.29 is 4.74 Å². The van der Waals surface area contributed by atoms with Crippen molar-refractivity contribution in [3.63, 3.8) is 0 Å². The van der Waals surface area contributed by atoms with E-state index in [-0.39, 0.29) is 29.5 Å². The number of hydrogen-bond acceptors (Lipinski definition) is 4. The van der Waals surface area contributed by atoms with Crippen molar-refractivity contribution in [1.29, 1.82) is 0 Å². The van der Waals surface area contributed by atoms with Crippen LogP contribution in [0.1, 0.15) is 57.1 Å². The molecule has 3 aliphatic rings. The van der Waals surface area contributed by atoms with Crippen LogP contribution in [-0.2, 0) is 4.74 Å². The first-order chi connectivity index (χ1) is 15.7. The summed E-state index contributed by atoms with van der Waals surface area (Å²) in [5.74, 6) is 1.83. The molecule has 3 heterocycles. The fraction of sp³-hybridized carbons (Fsp3) is 0.731. The van der Waals surface area contributed by atoms with Crippen molar-refractivity contribution in [2.24, 2.45) is 10.9 Å². The molecule has 1 aromatic rings. The average Bonchev–Trinajstić information content (AvgIpc) is 3.29. The Morgan fingerprint density at radius 2 is 1.85 bits per heavy atom. The standard InChI is InChI=1S/C26H43N5O.HI/c1-22(24-9-5-3-6-10-24)29-26(12-17-32-18-13-26)21-28-25(27-2)31-16-11-23(20-31)19-30-14-7-4-8-15-30;/h3,5-6,9-10,22-23,29H,4,7-8,11-21H2,1-2H3,(H,27,28);1H. The minimum atomic E-state index is 0. The van der Waals surface area contributed by atoms with Gasteiger partial charge in [0.1, 0.15) is 0 Å². The highest BCUT2D eigenvalue weighted by Crippen LogP contribution is 2.26. The van der Waals surface area contributed by atoms with Crippen molar-refractivity contribution in [3.8, 4) is 0 Å². The molecule has 0 radical (unpaired) electrons. The van der Waals surface area contributed by atoms with Gasteiger partial charge < -0.3 is 25.2 Å². The monoisotopic (exact) mass is 569 g/mol. The van der Waals surface area contributed by atoms with Gasteiger partial charge in [0.15, 0.2) is 5.96 Å². The maximum Gasteiger partial charge on any atom is 0.193 e. The van der Waals surface area contributed by atoms with Gasteiger partial charge in [-0.1, -0.05) is 36.8 Å². The molecule has 2 N–H and O–H groups in total. The zero-order chi connectivity index (χ0) is 22.2. The van der Waals surface area contributed by atoms with Crippen LogP contribution in [0.15, 0.2) is 35.3 Å². The number of piperidine rings is 1. The van der Waals surface area contributed by atoms with Crippen LogP contribution in [0.3, 0.4) is 0 Å². The number of halogens is 1. The number of benzene rings is 1. The third-order valence-electron chi connectivity index (χ3n) is 7.62. The molecule has 0 amide bonds. The largest absolute Gasteiger partial charge is 0.381 e. The van der Waals surface area contributed by atoms with E-state index in [0.29, 0.717) is 6.04 Å². The number of nitrogens with one attached hydrogen (secondary N) is 2. The van der Waals surface area contributed by atoms with Crippen LogP contribution < -0.4 is 10.6 Å². The Bertz CT molecular complexity index is 719. The van der Waals surface area contributed by atoms with Crippen molar-refractivity contribution in [3.05, 3.63) is 35.9 Å². The van der Waals surface area contributed by atoms with Crippen LogP contribution in [0.5, 0.6) is 0 Å². The SMILES string of the molecule is CN=C(NCC1(NC(C)c2ccccc2)CCOCC1)N1CCC(CN2CCCCC2)C1.I. The van der Waals surface area contributed by atoms with E-state index < -0.39 is 0 Å². The Labute approximate surface area is 217 Å². The fourth-order valence-electron chi connectivity index (χ4n) is 5.68. The van der Waals surface area contributed by atoms with Gasteiger partial charge in [-0.25, -0.2) is 0 Å². The number of nitrogens with zero attached hydrogens (tertiary/aromatic N) is 3. The minimum Gasteiger partial charge on any atom is -0.381 e. The Morgan fingerprint density at radius 1 is 1.12 bits per heavy atom. The van der Waals surface area contributed by atoms with E-state index in [2.05, 4.69) is 62.7 Å². The van der Waals surface area contributed by atoms with E-state index in [1.165, 1.54) is 50.9 Å². The first kappa shape index (κ1) is 26.7. The molecule has 186 valence electrons. The molecule has 4 rings (SSSR count). The molecule has 0 saturated carbocycles. The Kier molecular flexibility index (Phi) is 10.7. The maximum absolute atomic E-state index is 5.72. The lowest BCUT2D eigenvalue weighted by atomic mass is 9.88. The fourth-order valence-corrected chi connectivity index (χ4v) is 5.68. The summed E-state index contributed by atoms with van der Waals surface area (Å²) in [5, 5.41) is 7.71. The summed E-state index contributed by atoms with van der Waals surface area (Å²) >= 11 is 0. The van der Waals surface area contributed by atoms with E-state index in [4.69, 9.17) is 4.74 Å². The Balaban J connectivity index is 0.00000306. The van der Waals surface area contributed by atoms with E-state index >= 15 is 0 Å². The molecule has 33 heavy (non-hydrogen) atoms. The molecule has 6 nitrogen and oxygen atoms in total. The molecule has 1 aromatic carbocycles. The molecule has 2 unspecified atom stereocenters. The van der Waals surface area contributed by atoms with Crippen LogP contribution >= 0.6 is 24.0 Å². The summed E-state index contributed by atoms with van der Waals surface area (Å²) in [4.78, 5) is 9.82. The number of likely N-dealkylation sites (tertiary alicyclic amines) is 2. The number of guanidine groups is 1. The molecule has 2 atom stereocenters. The third kappa shape index (κ3) is 7.54. The average molecular weight is 570 g/mol. The van der Waals surface area contributed by atoms with E-state index in [1.807, 2.05) is 7.05 Å². The number of hydrogen-bond donors (Lipinski definition) is 2. The number of rotatable bonds is 7. The van der Waals surface area contributed by atoms with E-state index in [9.17, 15) is 0 Å². The normalized spacial score (nSPS) is 24.8. The molecular formula is C26H44IN5O. The molecule has 3 saturated heterocycles.